The van der Waals surface area contributed by atoms with Gasteiger partial charge in [-0.1, -0.05) is 11.6 Å². The van der Waals surface area contributed by atoms with Crippen molar-refractivity contribution in [2.75, 3.05) is 0 Å². The Labute approximate surface area is 154 Å². The molecule has 26 heavy (non-hydrogen) atoms. The summed E-state index contributed by atoms with van der Waals surface area (Å²) in [6.07, 6.45) is 3.34. The number of aromatic nitrogens is 4. The maximum Gasteiger partial charge on any atom is 0.272 e. The van der Waals surface area contributed by atoms with Crippen LogP contribution in [0.3, 0.4) is 0 Å². The van der Waals surface area contributed by atoms with Gasteiger partial charge in [0.15, 0.2) is 6.73 Å². The van der Waals surface area contributed by atoms with Gasteiger partial charge in [-0.15, -0.1) is 0 Å². The topological polar surface area (TPSA) is 74.0 Å². The smallest absolute Gasteiger partial charge is 0.272 e. The fourth-order valence-corrected chi connectivity index (χ4v) is 2.42. The second-order valence-electron chi connectivity index (χ2n) is 5.65. The minimum absolute atomic E-state index is 0.0197. The van der Waals surface area contributed by atoms with Crippen molar-refractivity contribution in [2.24, 2.45) is 7.05 Å². The Hall–Kier alpha value is -2.87. The summed E-state index contributed by atoms with van der Waals surface area (Å²) in [7, 11) is 1.84. The van der Waals surface area contributed by atoms with E-state index in [4.69, 9.17) is 16.3 Å². The highest BCUT2D eigenvalue weighted by atomic mass is 35.5. The van der Waals surface area contributed by atoms with Crippen LogP contribution in [-0.4, -0.2) is 25.5 Å². The van der Waals surface area contributed by atoms with Gasteiger partial charge in [-0.25, -0.2) is 9.07 Å². The molecule has 0 saturated heterocycles. The van der Waals surface area contributed by atoms with E-state index in [9.17, 15) is 9.18 Å². The van der Waals surface area contributed by atoms with Crippen molar-refractivity contribution in [3.8, 4) is 5.75 Å². The third-order valence-corrected chi connectivity index (χ3v) is 4.19. The van der Waals surface area contributed by atoms with Gasteiger partial charge in [-0.05, 0) is 25.1 Å². The third-order valence-electron chi connectivity index (χ3n) is 3.90. The Morgan fingerprint density at radius 2 is 2.19 bits per heavy atom. The molecule has 0 bridgehead atoms. The lowest BCUT2D eigenvalue weighted by Crippen LogP contribution is -2.24. The van der Waals surface area contributed by atoms with Crippen LogP contribution in [0, 0.1) is 12.7 Å². The monoisotopic (exact) mass is 377 g/mol. The summed E-state index contributed by atoms with van der Waals surface area (Å²) < 4.78 is 21.8. The number of aryl methyl sites for hydroxylation is 1. The van der Waals surface area contributed by atoms with Crippen LogP contribution in [0.4, 0.5) is 4.39 Å². The first-order valence-corrected chi connectivity index (χ1v) is 8.19. The minimum Gasteiger partial charge on any atom is -0.471 e. The normalized spacial score (nSPS) is 10.8. The molecule has 0 unspecified atom stereocenters. The lowest BCUT2D eigenvalue weighted by Gasteiger charge is -2.07. The molecule has 0 aliphatic heterocycles. The zero-order valence-electron chi connectivity index (χ0n) is 14.2. The lowest BCUT2D eigenvalue weighted by molar-refractivity contribution is 0.0944. The number of carbonyl (C=O) groups excluding carboxylic acids is 1. The number of amides is 1. The summed E-state index contributed by atoms with van der Waals surface area (Å²) in [5.41, 5.74) is 2.20. The average molecular weight is 378 g/mol. The zero-order chi connectivity index (χ0) is 18.7. The number of benzene rings is 1. The number of halogens is 2. The number of hydrogen-bond acceptors (Lipinski definition) is 4. The minimum atomic E-state index is -0.513. The average Bonchev–Trinajstić information content (AvgIpc) is 3.22. The molecule has 1 amide bonds. The molecule has 2 aromatic heterocycles. The van der Waals surface area contributed by atoms with Crippen LogP contribution < -0.4 is 10.1 Å². The van der Waals surface area contributed by atoms with Crippen molar-refractivity contribution in [1.82, 2.24) is 24.9 Å². The Bertz CT molecular complexity index is 937. The van der Waals surface area contributed by atoms with E-state index in [1.165, 1.54) is 22.9 Å². The molecule has 0 atom stereocenters. The third kappa shape index (κ3) is 4.02. The highest BCUT2D eigenvalue weighted by molar-refractivity contribution is 6.30. The second kappa shape index (κ2) is 7.57. The molecule has 0 aliphatic rings. The molecule has 2 heterocycles. The summed E-state index contributed by atoms with van der Waals surface area (Å²) in [6.45, 7) is 2.37. The van der Waals surface area contributed by atoms with Gasteiger partial charge in [0.05, 0.1) is 11.2 Å². The van der Waals surface area contributed by atoms with Crippen molar-refractivity contribution >= 4 is 17.5 Å². The number of carbonyl (C=O) groups is 1. The first-order chi connectivity index (χ1) is 12.4. The summed E-state index contributed by atoms with van der Waals surface area (Å²) in [5.74, 6) is -0.400. The highest BCUT2D eigenvalue weighted by Gasteiger charge is 2.11. The number of nitrogens with zero attached hydrogens (tertiary/aromatic N) is 4. The fraction of sp³-hybridized carbons (Fsp3) is 0.235. The molecule has 1 aromatic carbocycles. The van der Waals surface area contributed by atoms with Crippen molar-refractivity contribution < 1.29 is 13.9 Å². The Morgan fingerprint density at radius 1 is 1.38 bits per heavy atom. The van der Waals surface area contributed by atoms with E-state index in [1.54, 1.807) is 23.1 Å². The largest absolute Gasteiger partial charge is 0.471 e. The summed E-state index contributed by atoms with van der Waals surface area (Å²) in [5, 5.41) is 11.1. The summed E-state index contributed by atoms with van der Waals surface area (Å²) in [6, 6.07) is 5.66. The quantitative estimate of drug-likeness (QED) is 0.716. The van der Waals surface area contributed by atoms with Crippen LogP contribution in [-0.2, 0) is 20.3 Å². The van der Waals surface area contributed by atoms with E-state index >= 15 is 0 Å². The number of rotatable bonds is 6. The molecular weight excluding hydrogens is 361 g/mol. The molecule has 136 valence electrons. The second-order valence-corrected chi connectivity index (χ2v) is 6.06. The summed E-state index contributed by atoms with van der Waals surface area (Å²) in [4.78, 5) is 12.2. The van der Waals surface area contributed by atoms with Crippen molar-refractivity contribution in [3.05, 3.63) is 64.5 Å². The molecule has 0 saturated carbocycles. The molecule has 3 rings (SSSR count). The first kappa shape index (κ1) is 17.9. The molecule has 7 nitrogen and oxygen atoms in total. The predicted octanol–water partition coefficient (Wildman–Crippen LogP) is 2.68. The van der Waals surface area contributed by atoms with E-state index in [-0.39, 0.29) is 23.4 Å². The molecule has 0 spiro atoms. The molecule has 3 aromatic rings. The maximum atomic E-state index is 13.1. The summed E-state index contributed by atoms with van der Waals surface area (Å²) >= 11 is 5.70. The van der Waals surface area contributed by atoms with Gasteiger partial charge in [-0.2, -0.15) is 10.2 Å². The van der Waals surface area contributed by atoms with Gasteiger partial charge in [0.2, 0.25) is 0 Å². The van der Waals surface area contributed by atoms with Crippen molar-refractivity contribution in [1.29, 1.82) is 0 Å². The van der Waals surface area contributed by atoms with Gasteiger partial charge in [0, 0.05) is 37.1 Å². The molecule has 0 fully saturated rings. The SMILES string of the molecule is Cc1c(CNC(=O)c2ccn(COc3ccc(F)c(Cl)c3)n2)cnn1C. The molecule has 0 radical (unpaired) electrons. The highest BCUT2D eigenvalue weighted by Crippen LogP contribution is 2.21. The number of nitrogens with one attached hydrogen (secondary N) is 1. The predicted molar refractivity (Wildman–Crippen MR) is 93.4 cm³/mol. The maximum absolute atomic E-state index is 13.1. The Kier molecular flexibility index (Phi) is 5.22. The van der Waals surface area contributed by atoms with Crippen LogP contribution in [0.5, 0.6) is 5.75 Å². The van der Waals surface area contributed by atoms with E-state index in [1.807, 2.05) is 14.0 Å². The van der Waals surface area contributed by atoms with Crippen LogP contribution >= 0.6 is 11.6 Å². The van der Waals surface area contributed by atoms with Gasteiger partial charge < -0.3 is 10.1 Å². The lowest BCUT2D eigenvalue weighted by atomic mass is 10.2. The van der Waals surface area contributed by atoms with Crippen molar-refractivity contribution in [2.45, 2.75) is 20.2 Å². The molecule has 0 aliphatic carbocycles. The van der Waals surface area contributed by atoms with Crippen LogP contribution in [0.15, 0.2) is 36.7 Å². The fourth-order valence-electron chi connectivity index (χ4n) is 2.25. The Morgan fingerprint density at radius 3 is 2.88 bits per heavy atom. The van der Waals surface area contributed by atoms with Crippen LogP contribution in [0.2, 0.25) is 5.02 Å². The standard InChI is InChI=1S/C17H17ClFN5O2/c1-11-12(9-21-23(11)2)8-20-17(25)16-5-6-24(22-16)10-26-13-3-4-15(19)14(18)7-13/h3-7,9H,8,10H2,1-2H3,(H,20,25). The van der Waals surface area contributed by atoms with E-state index in [0.717, 1.165) is 11.3 Å². The van der Waals surface area contributed by atoms with E-state index < -0.39 is 5.82 Å². The van der Waals surface area contributed by atoms with Crippen molar-refractivity contribution in [3.63, 3.8) is 0 Å². The zero-order valence-corrected chi connectivity index (χ0v) is 15.0. The van der Waals surface area contributed by atoms with Crippen LogP contribution in [0.1, 0.15) is 21.7 Å². The Balaban J connectivity index is 1.55. The van der Waals surface area contributed by atoms with E-state index in [0.29, 0.717) is 12.3 Å². The van der Waals surface area contributed by atoms with Crippen LogP contribution in [0.25, 0.3) is 0 Å². The molecule has 1 N–H and O–H groups in total. The van der Waals surface area contributed by atoms with Gasteiger partial charge in [-0.3, -0.25) is 9.48 Å². The van der Waals surface area contributed by atoms with Gasteiger partial charge >= 0.3 is 0 Å². The van der Waals surface area contributed by atoms with Gasteiger partial charge in [0.1, 0.15) is 17.3 Å². The first-order valence-electron chi connectivity index (χ1n) is 7.81. The van der Waals surface area contributed by atoms with E-state index in [2.05, 4.69) is 15.5 Å². The molecular formula is C17H17ClFN5O2. The number of ether oxygens (including phenoxy) is 1. The molecule has 9 heteroatoms. The van der Waals surface area contributed by atoms with Gasteiger partial charge in [0.25, 0.3) is 5.91 Å². The number of hydrogen-bond donors (Lipinski definition) is 1.